The number of rotatable bonds is 4. The maximum Gasteiger partial charge on any atom is 0.251 e. The van der Waals surface area contributed by atoms with Gasteiger partial charge in [-0.2, -0.15) is 0 Å². The summed E-state index contributed by atoms with van der Waals surface area (Å²) < 4.78 is 0. The fraction of sp³-hybridized carbons (Fsp3) is 0.533. The van der Waals surface area contributed by atoms with Crippen molar-refractivity contribution >= 4 is 17.7 Å². The smallest absolute Gasteiger partial charge is 0.251 e. The lowest BCUT2D eigenvalue weighted by Crippen LogP contribution is -2.39. The first-order valence-electron chi connectivity index (χ1n) is 6.36. The third-order valence-corrected chi connectivity index (χ3v) is 3.87. The Balaban J connectivity index is 2.74. The zero-order chi connectivity index (χ0) is 14.6. The topological polar surface area (TPSA) is 49.3 Å². The van der Waals surface area contributed by atoms with E-state index in [0.29, 0.717) is 5.56 Å². The van der Waals surface area contributed by atoms with Gasteiger partial charge in [0.25, 0.3) is 5.91 Å². The van der Waals surface area contributed by atoms with Gasteiger partial charge in [-0.3, -0.25) is 4.79 Å². The number of hydrogen-bond acceptors (Lipinski definition) is 3. The molecule has 0 aliphatic carbocycles. The predicted octanol–water partition coefficient (Wildman–Crippen LogP) is 2.85. The molecule has 106 valence electrons. The second-order valence-corrected chi connectivity index (χ2v) is 6.65. The molecular weight excluding hydrogens is 258 g/mol. The summed E-state index contributed by atoms with van der Waals surface area (Å²) in [6.45, 7) is 8.03. The third-order valence-electron chi connectivity index (χ3n) is 3.15. The molecule has 0 bridgehead atoms. The number of amides is 1. The summed E-state index contributed by atoms with van der Waals surface area (Å²) in [6, 6.07) is 5.83. The van der Waals surface area contributed by atoms with Gasteiger partial charge in [0.05, 0.1) is 6.10 Å². The molecule has 1 aromatic rings. The van der Waals surface area contributed by atoms with Crippen LogP contribution in [0, 0.1) is 12.3 Å². The normalized spacial score (nSPS) is 13.2. The van der Waals surface area contributed by atoms with Crippen LogP contribution in [0.25, 0.3) is 0 Å². The van der Waals surface area contributed by atoms with Crippen LogP contribution in [0.2, 0.25) is 0 Å². The van der Waals surface area contributed by atoms with E-state index < -0.39 is 6.10 Å². The Labute approximate surface area is 119 Å². The van der Waals surface area contributed by atoms with Crippen molar-refractivity contribution in [1.29, 1.82) is 0 Å². The zero-order valence-corrected chi connectivity index (χ0v) is 13.1. The molecule has 0 saturated heterocycles. The number of aliphatic hydroxyl groups excluding tert-OH is 1. The summed E-state index contributed by atoms with van der Waals surface area (Å²) in [4.78, 5) is 13.2. The van der Waals surface area contributed by atoms with Gasteiger partial charge < -0.3 is 10.4 Å². The van der Waals surface area contributed by atoms with E-state index in [1.807, 2.05) is 52.1 Å². The molecule has 1 atom stereocenters. The lowest BCUT2D eigenvalue weighted by molar-refractivity contribution is 0.0586. The van der Waals surface area contributed by atoms with E-state index in [4.69, 9.17) is 0 Å². The van der Waals surface area contributed by atoms with Crippen molar-refractivity contribution in [3.63, 3.8) is 0 Å². The number of nitrogens with one attached hydrogen (secondary N) is 1. The summed E-state index contributed by atoms with van der Waals surface area (Å²) in [7, 11) is 0. The van der Waals surface area contributed by atoms with Gasteiger partial charge in [0.1, 0.15) is 0 Å². The highest BCUT2D eigenvalue weighted by Crippen LogP contribution is 2.20. The first-order chi connectivity index (χ1) is 8.75. The van der Waals surface area contributed by atoms with E-state index in [9.17, 15) is 9.90 Å². The Morgan fingerprint density at radius 3 is 2.58 bits per heavy atom. The van der Waals surface area contributed by atoms with Crippen LogP contribution in [0.1, 0.15) is 36.7 Å². The second-order valence-electron chi connectivity index (χ2n) is 5.77. The number of aliphatic hydroxyl groups is 1. The monoisotopic (exact) mass is 281 g/mol. The third kappa shape index (κ3) is 4.55. The van der Waals surface area contributed by atoms with Crippen molar-refractivity contribution in [3.05, 3.63) is 29.3 Å². The average Bonchev–Trinajstić information content (AvgIpc) is 2.34. The van der Waals surface area contributed by atoms with Crippen LogP contribution >= 0.6 is 11.8 Å². The van der Waals surface area contributed by atoms with E-state index >= 15 is 0 Å². The molecule has 2 N–H and O–H groups in total. The van der Waals surface area contributed by atoms with Crippen molar-refractivity contribution < 1.29 is 9.90 Å². The summed E-state index contributed by atoms with van der Waals surface area (Å²) in [5, 5.41) is 12.7. The van der Waals surface area contributed by atoms with Gasteiger partial charge in [-0.05, 0) is 36.3 Å². The molecule has 1 aromatic carbocycles. The molecule has 0 radical (unpaired) electrons. The van der Waals surface area contributed by atoms with Gasteiger partial charge in [0.2, 0.25) is 0 Å². The van der Waals surface area contributed by atoms with Crippen LogP contribution in [0.5, 0.6) is 0 Å². The van der Waals surface area contributed by atoms with E-state index in [1.54, 1.807) is 11.8 Å². The Kier molecular flexibility index (Phi) is 5.44. The molecule has 0 aliphatic rings. The Morgan fingerprint density at radius 2 is 2.05 bits per heavy atom. The standard InChI is InChI=1S/C15H23NO2S/c1-10-6-7-11(19-5)8-12(10)14(18)16-9-13(17)15(2,3)4/h6-8,13,17H,9H2,1-5H3,(H,16,18). The maximum atomic E-state index is 12.1. The van der Waals surface area contributed by atoms with Crippen molar-refractivity contribution in [2.75, 3.05) is 12.8 Å². The van der Waals surface area contributed by atoms with Gasteiger partial charge in [-0.15, -0.1) is 11.8 Å². The number of thioether (sulfide) groups is 1. The molecule has 0 aromatic heterocycles. The van der Waals surface area contributed by atoms with Crippen LogP contribution < -0.4 is 5.32 Å². The van der Waals surface area contributed by atoms with Crippen LogP contribution in [0.3, 0.4) is 0 Å². The Bertz CT molecular complexity index is 452. The van der Waals surface area contributed by atoms with E-state index in [1.165, 1.54) is 0 Å². The number of hydrogen-bond donors (Lipinski definition) is 2. The van der Waals surface area contributed by atoms with Crippen molar-refractivity contribution in [2.45, 2.75) is 38.7 Å². The molecule has 0 fully saturated rings. The number of benzene rings is 1. The molecule has 0 aliphatic heterocycles. The highest BCUT2D eigenvalue weighted by molar-refractivity contribution is 7.98. The van der Waals surface area contributed by atoms with Crippen LogP contribution in [-0.4, -0.2) is 29.9 Å². The van der Waals surface area contributed by atoms with E-state index in [0.717, 1.165) is 10.5 Å². The lowest BCUT2D eigenvalue weighted by atomic mass is 9.89. The minimum Gasteiger partial charge on any atom is -0.391 e. The first kappa shape index (κ1) is 16.1. The van der Waals surface area contributed by atoms with Crippen molar-refractivity contribution in [1.82, 2.24) is 5.32 Å². The molecule has 1 amide bonds. The molecule has 19 heavy (non-hydrogen) atoms. The highest BCUT2D eigenvalue weighted by atomic mass is 32.2. The number of carbonyl (C=O) groups is 1. The summed E-state index contributed by atoms with van der Waals surface area (Å²) in [5.41, 5.74) is 1.39. The van der Waals surface area contributed by atoms with Gasteiger partial charge in [0, 0.05) is 17.0 Å². The van der Waals surface area contributed by atoms with E-state index in [-0.39, 0.29) is 17.9 Å². The summed E-state index contributed by atoms with van der Waals surface area (Å²) in [6.07, 6.45) is 1.43. The zero-order valence-electron chi connectivity index (χ0n) is 12.3. The van der Waals surface area contributed by atoms with Gasteiger partial charge in [0.15, 0.2) is 0 Å². The Hall–Kier alpha value is -1.00. The van der Waals surface area contributed by atoms with Gasteiger partial charge in [-0.25, -0.2) is 0 Å². The Morgan fingerprint density at radius 1 is 1.42 bits per heavy atom. The molecule has 0 saturated carbocycles. The molecule has 3 nitrogen and oxygen atoms in total. The fourth-order valence-corrected chi connectivity index (χ4v) is 2.00. The first-order valence-corrected chi connectivity index (χ1v) is 7.59. The van der Waals surface area contributed by atoms with Crippen LogP contribution in [0.4, 0.5) is 0 Å². The fourth-order valence-electron chi connectivity index (χ4n) is 1.56. The number of aryl methyl sites for hydroxylation is 1. The second kappa shape index (κ2) is 6.44. The molecular formula is C15H23NO2S. The minimum atomic E-state index is -0.555. The summed E-state index contributed by atoms with van der Waals surface area (Å²) >= 11 is 1.61. The highest BCUT2D eigenvalue weighted by Gasteiger charge is 2.22. The van der Waals surface area contributed by atoms with Crippen LogP contribution in [0.15, 0.2) is 23.1 Å². The molecule has 0 heterocycles. The van der Waals surface area contributed by atoms with E-state index in [2.05, 4.69) is 5.32 Å². The quantitative estimate of drug-likeness (QED) is 0.834. The maximum absolute atomic E-state index is 12.1. The largest absolute Gasteiger partial charge is 0.391 e. The number of carbonyl (C=O) groups excluding carboxylic acids is 1. The lowest BCUT2D eigenvalue weighted by Gasteiger charge is -2.26. The predicted molar refractivity (Wildman–Crippen MR) is 80.8 cm³/mol. The molecule has 0 spiro atoms. The minimum absolute atomic E-state index is 0.128. The summed E-state index contributed by atoms with van der Waals surface area (Å²) in [5.74, 6) is -0.128. The average molecular weight is 281 g/mol. The van der Waals surface area contributed by atoms with Crippen LogP contribution in [-0.2, 0) is 0 Å². The van der Waals surface area contributed by atoms with Gasteiger partial charge >= 0.3 is 0 Å². The van der Waals surface area contributed by atoms with Crippen molar-refractivity contribution in [3.8, 4) is 0 Å². The SMILES string of the molecule is CSc1ccc(C)c(C(=O)NCC(O)C(C)(C)C)c1. The molecule has 4 heteroatoms. The molecule has 1 unspecified atom stereocenters. The molecule has 1 rings (SSSR count). The van der Waals surface area contributed by atoms with Gasteiger partial charge in [-0.1, -0.05) is 26.8 Å². The van der Waals surface area contributed by atoms with Crippen molar-refractivity contribution in [2.24, 2.45) is 5.41 Å².